The molecule has 4 aromatic carbocycles. The number of hydrogen-bond donors (Lipinski definition) is 0. The van der Waals surface area contributed by atoms with Gasteiger partial charge in [-0.15, -0.1) is 0 Å². The molecule has 196 valence electrons. The first-order chi connectivity index (χ1) is 19.3. The summed E-state index contributed by atoms with van der Waals surface area (Å²) in [4.78, 5) is 10.3. The minimum Gasteiger partial charge on any atom is -0.399 e. The summed E-state index contributed by atoms with van der Waals surface area (Å²) in [5, 5.41) is 2.28. The topological polar surface area (TPSA) is 49.2 Å². The van der Waals surface area contributed by atoms with Crippen LogP contribution in [0.25, 0.3) is 50.3 Å². The fraction of sp³-hybridized carbons (Fsp3) is 0.176. The van der Waals surface area contributed by atoms with Crippen LogP contribution in [0.1, 0.15) is 27.7 Å². The number of para-hydroxylation sites is 1. The molecule has 1 aliphatic heterocycles. The standard InChI is InChI=1S/C34H30BN3O2/c1-33(2)34(3,4)40-35(39-33)25-19-20-27-26-17-11-12-18-30(26)38(31(27)21-25)32-36-28(23-13-7-5-8-14-23)22-29(37-32)24-15-9-6-10-16-24/h5-22H,1-4H3. The molecule has 6 aromatic rings. The summed E-state index contributed by atoms with van der Waals surface area (Å²) in [6, 6.07) is 37.5. The highest BCUT2D eigenvalue weighted by Gasteiger charge is 2.51. The van der Waals surface area contributed by atoms with Gasteiger partial charge in [0.15, 0.2) is 0 Å². The summed E-state index contributed by atoms with van der Waals surface area (Å²) in [6.45, 7) is 8.32. The van der Waals surface area contributed by atoms with Gasteiger partial charge in [-0.3, -0.25) is 4.57 Å². The van der Waals surface area contributed by atoms with Crippen molar-refractivity contribution in [3.05, 3.63) is 109 Å². The van der Waals surface area contributed by atoms with Crippen LogP contribution in [0.2, 0.25) is 0 Å². The molecule has 0 N–H and O–H groups in total. The van der Waals surface area contributed by atoms with Gasteiger partial charge >= 0.3 is 7.12 Å². The molecule has 6 heteroatoms. The second kappa shape index (κ2) is 9.15. The number of aromatic nitrogens is 3. The summed E-state index contributed by atoms with van der Waals surface area (Å²) in [5.74, 6) is 0.623. The first kappa shape index (κ1) is 24.8. The van der Waals surface area contributed by atoms with Gasteiger partial charge in [-0.1, -0.05) is 91.0 Å². The molecule has 5 nitrogen and oxygen atoms in total. The zero-order valence-electron chi connectivity index (χ0n) is 23.1. The number of nitrogens with zero attached hydrogens (tertiary/aromatic N) is 3. The molecule has 0 radical (unpaired) electrons. The SMILES string of the molecule is CC1(C)OB(c2ccc3c4ccccc4n(-c4nc(-c5ccccc5)cc(-c5ccccc5)n4)c3c2)OC1(C)C. The lowest BCUT2D eigenvalue weighted by atomic mass is 9.79. The van der Waals surface area contributed by atoms with Crippen molar-refractivity contribution >= 4 is 34.4 Å². The molecule has 1 saturated heterocycles. The molecular weight excluding hydrogens is 493 g/mol. The second-order valence-corrected chi connectivity index (χ2v) is 11.4. The zero-order valence-corrected chi connectivity index (χ0v) is 23.1. The lowest BCUT2D eigenvalue weighted by Gasteiger charge is -2.32. The third kappa shape index (κ3) is 4.03. The molecule has 7 rings (SSSR count). The van der Waals surface area contributed by atoms with Crippen molar-refractivity contribution < 1.29 is 9.31 Å². The Hall–Kier alpha value is -4.26. The van der Waals surface area contributed by atoms with E-state index in [0.717, 1.165) is 49.8 Å². The third-order valence-electron chi connectivity index (χ3n) is 8.28. The number of rotatable bonds is 4. The van der Waals surface area contributed by atoms with Gasteiger partial charge in [-0.25, -0.2) is 9.97 Å². The minimum atomic E-state index is -0.461. The maximum atomic E-state index is 6.41. The number of benzene rings is 4. The lowest BCUT2D eigenvalue weighted by Crippen LogP contribution is -2.41. The smallest absolute Gasteiger partial charge is 0.399 e. The van der Waals surface area contributed by atoms with Gasteiger partial charge < -0.3 is 9.31 Å². The molecular formula is C34H30BN3O2. The van der Waals surface area contributed by atoms with Crippen molar-refractivity contribution in [3.63, 3.8) is 0 Å². The van der Waals surface area contributed by atoms with E-state index in [2.05, 4.69) is 105 Å². The first-order valence-electron chi connectivity index (χ1n) is 13.7. The van der Waals surface area contributed by atoms with Gasteiger partial charge in [0.25, 0.3) is 0 Å². The predicted octanol–water partition coefficient (Wildman–Crippen LogP) is 7.21. The van der Waals surface area contributed by atoms with E-state index in [1.165, 1.54) is 0 Å². The van der Waals surface area contributed by atoms with E-state index < -0.39 is 18.3 Å². The van der Waals surface area contributed by atoms with E-state index in [1.807, 2.05) is 36.4 Å². The third-order valence-corrected chi connectivity index (χ3v) is 8.28. The largest absolute Gasteiger partial charge is 0.494 e. The van der Waals surface area contributed by atoms with Crippen LogP contribution >= 0.6 is 0 Å². The predicted molar refractivity (Wildman–Crippen MR) is 163 cm³/mol. The Morgan fingerprint density at radius 3 is 1.70 bits per heavy atom. The monoisotopic (exact) mass is 523 g/mol. The van der Waals surface area contributed by atoms with Crippen molar-refractivity contribution in [3.8, 4) is 28.5 Å². The highest BCUT2D eigenvalue weighted by atomic mass is 16.7. The molecule has 0 saturated carbocycles. The maximum Gasteiger partial charge on any atom is 0.494 e. The second-order valence-electron chi connectivity index (χ2n) is 11.4. The Bertz CT molecular complexity index is 1790. The van der Waals surface area contributed by atoms with Crippen LogP contribution < -0.4 is 5.46 Å². The van der Waals surface area contributed by atoms with Gasteiger partial charge in [0.1, 0.15) is 0 Å². The average Bonchev–Trinajstić information content (AvgIpc) is 3.42. The molecule has 0 aliphatic carbocycles. The molecule has 2 aromatic heterocycles. The highest BCUT2D eigenvalue weighted by Crippen LogP contribution is 2.37. The van der Waals surface area contributed by atoms with Crippen molar-refractivity contribution in [2.45, 2.75) is 38.9 Å². The van der Waals surface area contributed by atoms with E-state index in [4.69, 9.17) is 19.3 Å². The van der Waals surface area contributed by atoms with Crippen molar-refractivity contribution in [2.75, 3.05) is 0 Å². The van der Waals surface area contributed by atoms with Crippen LogP contribution in [0.4, 0.5) is 0 Å². The normalized spacial score (nSPS) is 16.1. The molecule has 1 aliphatic rings. The van der Waals surface area contributed by atoms with Crippen molar-refractivity contribution in [1.29, 1.82) is 0 Å². The van der Waals surface area contributed by atoms with E-state index in [0.29, 0.717) is 5.95 Å². The fourth-order valence-electron chi connectivity index (χ4n) is 5.38. The Morgan fingerprint density at radius 2 is 1.10 bits per heavy atom. The summed E-state index contributed by atoms with van der Waals surface area (Å²) in [7, 11) is -0.461. The van der Waals surface area contributed by atoms with Gasteiger partial charge in [0.05, 0.1) is 33.6 Å². The van der Waals surface area contributed by atoms with Crippen LogP contribution in [0.15, 0.2) is 109 Å². The highest BCUT2D eigenvalue weighted by molar-refractivity contribution is 6.62. The molecule has 0 amide bonds. The Balaban J connectivity index is 1.48. The zero-order chi connectivity index (χ0) is 27.5. The molecule has 0 unspecified atom stereocenters. The van der Waals surface area contributed by atoms with Crippen LogP contribution in [0, 0.1) is 0 Å². The molecule has 0 atom stereocenters. The van der Waals surface area contributed by atoms with Gasteiger partial charge in [0.2, 0.25) is 5.95 Å². The fourth-order valence-corrected chi connectivity index (χ4v) is 5.38. The molecule has 3 heterocycles. The lowest BCUT2D eigenvalue weighted by molar-refractivity contribution is 0.00578. The van der Waals surface area contributed by atoms with Gasteiger partial charge in [0, 0.05) is 21.9 Å². The summed E-state index contributed by atoms with van der Waals surface area (Å²) < 4.78 is 15.0. The van der Waals surface area contributed by atoms with Crippen molar-refractivity contribution in [2.24, 2.45) is 0 Å². The molecule has 1 fully saturated rings. The quantitative estimate of drug-likeness (QED) is 0.229. The van der Waals surface area contributed by atoms with Crippen LogP contribution in [0.3, 0.4) is 0 Å². The maximum absolute atomic E-state index is 6.41. The molecule has 40 heavy (non-hydrogen) atoms. The van der Waals surface area contributed by atoms with Crippen LogP contribution in [0.5, 0.6) is 0 Å². The Labute approximate surface area is 234 Å². The Kier molecular flexibility index (Phi) is 5.67. The van der Waals surface area contributed by atoms with E-state index >= 15 is 0 Å². The summed E-state index contributed by atoms with van der Waals surface area (Å²) >= 11 is 0. The molecule has 0 spiro atoms. The molecule has 0 bridgehead atoms. The number of fused-ring (bicyclic) bond motifs is 3. The van der Waals surface area contributed by atoms with Gasteiger partial charge in [-0.05, 0) is 51.4 Å². The van der Waals surface area contributed by atoms with Crippen molar-refractivity contribution in [1.82, 2.24) is 14.5 Å². The van der Waals surface area contributed by atoms with E-state index in [9.17, 15) is 0 Å². The van der Waals surface area contributed by atoms with E-state index in [1.54, 1.807) is 0 Å². The first-order valence-corrected chi connectivity index (χ1v) is 13.7. The minimum absolute atomic E-state index is 0.420. The average molecular weight is 523 g/mol. The Morgan fingerprint density at radius 1 is 0.575 bits per heavy atom. The number of hydrogen-bond acceptors (Lipinski definition) is 4. The summed E-state index contributed by atoms with van der Waals surface area (Å²) in [5.41, 5.74) is 6.02. The van der Waals surface area contributed by atoms with Crippen LogP contribution in [-0.4, -0.2) is 32.9 Å². The summed E-state index contributed by atoms with van der Waals surface area (Å²) in [6.07, 6.45) is 0. The van der Waals surface area contributed by atoms with Crippen LogP contribution in [-0.2, 0) is 9.31 Å². The van der Waals surface area contributed by atoms with Gasteiger partial charge in [-0.2, -0.15) is 0 Å². The van der Waals surface area contributed by atoms with E-state index in [-0.39, 0.29) is 0 Å².